The molecule has 3 aromatic rings. The van der Waals surface area contributed by atoms with Gasteiger partial charge in [0.15, 0.2) is 0 Å². The van der Waals surface area contributed by atoms with Crippen molar-refractivity contribution in [1.29, 1.82) is 0 Å². The van der Waals surface area contributed by atoms with Gasteiger partial charge in [-0.2, -0.15) is 5.10 Å². The molecule has 0 bridgehead atoms. The number of ether oxygens (including phenoxy) is 1. The Hall–Kier alpha value is -3.15. The van der Waals surface area contributed by atoms with Crippen LogP contribution in [0.2, 0.25) is 0 Å². The number of hydrogen-bond acceptors (Lipinski definition) is 4. The summed E-state index contributed by atoms with van der Waals surface area (Å²) in [7, 11) is 1.63. The minimum Gasteiger partial charge on any atom is -0.497 e. The molecule has 0 N–H and O–H groups in total. The number of carbonyl (C=O) groups is 1. The molecule has 0 aliphatic rings. The van der Waals surface area contributed by atoms with Crippen molar-refractivity contribution in [2.24, 2.45) is 0 Å². The Morgan fingerprint density at radius 1 is 1.16 bits per heavy atom. The van der Waals surface area contributed by atoms with Crippen molar-refractivity contribution in [3.05, 3.63) is 72.3 Å². The highest BCUT2D eigenvalue weighted by Crippen LogP contribution is 2.20. The molecule has 6 nitrogen and oxygen atoms in total. The highest BCUT2D eigenvalue weighted by Gasteiger charge is 2.19. The second-order valence-corrected chi connectivity index (χ2v) is 5.53. The van der Waals surface area contributed by atoms with E-state index in [1.54, 1.807) is 41.5 Å². The average Bonchev–Trinajstić information content (AvgIpc) is 3.16. The van der Waals surface area contributed by atoms with Crippen LogP contribution in [-0.2, 0) is 13.1 Å². The van der Waals surface area contributed by atoms with Crippen molar-refractivity contribution in [3.63, 3.8) is 0 Å². The maximum Gasteiger partial charge on any atom is 0.261 e. The fraction of sp³-hybridized carbons (Fsp3) is 0.211. The van der Waals surface area contributed by atoms with E-state index in [4.69, 9.17) is 4.74 Å². The zero-order valence-electron chi connectivity index (χ0n) is 14.3. The van der Waals surface area contributed by atoms with E-state index in [9.17, 15) is 4.79 Å². The smallest absolute Gasteiger partial charge is 0.261 e. The van der Waals surface area contributed by atoms with Gasteiger partial charge in [0, 0.05) is 30.8 Å². The molecule has 6 heteroatoms. The number of anilines is 1. The van der Waals surface area contributed by atoms with Gasteiger partial charge in [-0.1, -0.05) is 12.1 Å². The van der Waals surface area contributed by atoms with E-state index in [1.165, 1.54) is 0 Å². The van der Waals surface area contributed by atoms with Crippen molar-refractivity contribution in [2.45, 2.75) is 20.0 Å². The molecule has 0 atom stereocenters. The van der Waals surface area contributed by atoms with E-state index < -0.39 is 0 Å². The molecule has 25 heavy (non-hydrogen) atoms. The third-order valence-electron chi connectivity index (χ3n) is 3.92. The van der Waals surface area contributed by atoms with E-state index in [-0.39, 0.29) is 5.91 Å². The summed E-state index contributed by atoms with van der Waals surface area (Å²) in [5.74, 6) is 0.691. The Bertz CT molecular complexity index is 828. The third kappa shape index (κ3) is 3.85. The summed E-state index contributed by atoms with van der Waals surface area (Å²) in [4.78, 5) is 18.8. The van der Waals surface area contributed by atoms with E-state index in [1.807, 2.05) is 43.3 Å². The van der Waals surface area contributed by atoms with Gasteiger partial charge in [-0.15, -0.1) is 0 Å². The van der Waals surface area contributed by atoms with E-state index in [0.29, 0.717) is 12.1 Å². The SMILES string of the molecule is CCn1cc(C(=O)N(Cc2ccc(OC)cc2)c2ccncc2)cn1. The Morgan fingerprint density at radius 2 is 1.88 bits per heavy atom. The molecule has 0 fully saturated rings. The van der Waals surface area contributed by atoms with Crippen molar-refractivity contribution in [2.75, 3.05) is 12.0 Å². The molecule has 3 rings (SSSR count). The molecule has 0 saturated carbocycles. The van der Waals surface area contributed by atoms with Gasteiger partial charge in [-0.05, 0) is 36.8 Å². The largest absolute Gasteiger partial charge is 0.497 e. The molecule has 0 aliphatic heterocycles. The predicted molar refractivity (Wildman–Crippen MR) is 95.6 cm³/mol. The molecular weight excluding hydrogens is 316 g/mol. The van der Waals surface area contributed by atoms with Crippen LogP contribution in [0.1, 0.15) is 22.8 Å². The molecule has 2 heterocycles. The molecular formula is C19H20N4O2. The first-order chi connectivity index (χ1) is 12.2. The van der Waals surface area contributed by atoms with E-state index in [2.05, 4.69) is 10.1 Å². The number of benzene rings is 1. The summed E-state index contributed by atoms with van der Waals surface area (Å²) < 4.78 is 6.93. The van der Waals surface area contributed by atoms with Crippen LogP contribution in [0.15, 0.2) is 61.2 Å². The van der Waals surface area contributed by atoms with Crippen LogP contribution >= 0.6 is 0 Å². The summed E-state index contributed by atoms with van der Waals surface area (Å²) in [6, 6.07) is 11.3. The fourth-order valence-electron chi connectivity index (χ4n) is 2.52. The Kier molecular flexibility index (Phi) is 5.09. The minimum atomic E-state index is -0.0956. The number of nitrogens with zero attached hydrogens (tertiary/aromatic N) is 4. The number of pyridine rings is 1. The molecule has 0 spiro atoms. The fourth-order valence-corrected chi connectivity index (χ4v) is 2.52. The zero-order valence-corrected chi connectivity index (χ0v) is 14.3. The van der Waals surface area contributed by atoms with Gasteiger partial charge in [-0.3, -0.25) is 14.5 Å². The van der Waals surface area contributed by atoms with Gasteiger partial charge in [0.1, 0.15) is 5.75 Å². The van der Waals surface area contributed by atoms with Crippen LogP contribution < -0.4 is 9.64 Å². The number of aryl methyl sites for hydroxylation is 1. The molecule has 0 saturated heterocycles. The molecule has 0 unspecified atom stereocenters. The Labute approximate surface area is 146 Å². The molecule has 1 aromatic carbocycles. The lowest BCUT2D eigenvalue weighted by Gasteiger charge is -2.22. The number of carbonyl (C=O) groups excluding carboxylic acids is 1. The lowest BCUT2D eigenvalue weighted by atomic mass is 10.1. The van der Waals surface area contributed by atoms with E-state index >= 15 is 0 Å². The van der Waals surface area contributed by atoms with Crippen LogP contribution in [0.3, 0.4) is 0 Å². The predicted octanol–water partition coefficient (Wildman–Crippen LogP) is 3.15. The van der Waals surface area contributed by atoms with Gasteiger partial charge < -0.3 is 9.64 Å². The van der Waals surface area contributed by atoms with Crippen LogP contribution in [0.25, 0.3) is 0 Å². The summed E-state index contributed by atoms with van der Waals surface area (Å²) >= 11 is 0. The summed E-state index contributed by atoms with van der Waals surface area (Å²) in [5, 5.41) is 4.20. The molecule has 0 aliphatic carbocycles. The van der Waals surface area contributed by atoms with Crippen molar-refractivity contribution < 1.29 is 9.53 Å². The third-order valence-corrected chi connectivity index (χ3v) is 3.92. The second-order valence-electron chi connectivity index (χ2n) is 5.53. The maximum absolute atomic E-state index is 13.0. The van der Waals surface area contributed by atoms with Crippen LogP contribution in [0, 0.1) is 0 Å². The number of aromatic nitrogens is 3. The second kappa shape index (κ2) is 7.61. The summed E-state index contributed by atoms with van der Waals surface area (Å²) in [5.41, 5.74) is 2.36. The van der Waals surface area contributed by atoms with Gasteiger partial charge in [0.25, 0.3) is 5.91 Å². The monoisotopic (exact) mass is 336 g/mol. The van der Waals surface area contributed by atoms with Gasteiger partial charge in [0.05, 0.1) is 25.4 Å². The van der Waals surface area contributed by atoms with Crippen molar-refractivity contribution in [1.82, 2.24) is 14.8 Å². The van der Waals surface area contributed by atoms with Crippen LogP contribution in [-0.4, -0.2) is 27.8 Å². The van der Waals surface area contributed by atoms with Crippen molar-refractivity contribution in [3.8, 4) is 5.75 Å². The van der Waals surface area contributed by atoms with Gasteiger partial charge in [0.2, 0.25) is 0 Å². The average molecular weight is 336 g/mol. The summed E-state index contributed by atoms with van der Waals surface area (Å²) in [6.45, 7) is 3.16. The number of amides is 1. The van der Waals surface area contributed by atoms with E-state index in [0.717, 1.165) is 23.5 Å². The first kappa shape index (κ1) is 16.7. The van der Waals surface area contributed by atoms with Gasteiger partial charge in [-0.25, -0.2) is 0 Å². The first-order valence-corrected chi connectivity index (χ1v) is 8.08. The van der Waals surface area contributed by atoms with Crippen molar-refractivity contribution >= 4 is 11.6 Å². The molecule has 128 valence electrons. The topological polar surface area (TPSA) is 60.2 Å². The normalized spacial score (nSPS) is 10.5. The van der Waals surface area contributed by atoms with Crippen LogP contribution in [0.4, 0.5) is 5.69 Å². The minimum absolute atomic E-state index is 0.0956. The number of hydrogen-bond donors (Lipinski definition) is 0. The zero-order chi connectivity index (χ0) is 17.6. The standard InChI is InChI=1S/C19H20N4O2/c1-3-22-14-16(12-21-22)19(24)23(17-8-10-20-11-9-17)13-15-4-6-18(25-2)7-5-15/h4-12,14H,3,13H2,1-2H3. The molecule has 0 radical (unpaired) electrons. The number of rotatable bonds is 6. The lowest BCUT2D eigenvalue weighted by molar-refractivity contribution is 0.0985. The maximum atomic E-state index is 13.0. The van der Waals surface area contributed by atoms with Gasteiger partial charge >= 0.3 is 0 Å². The highest BCUT2D eigenvalue weighted by molar-refractivity contribution is 6.05. The lowest BCUT2D eigenvalue weighted by Crippen LogP contribution is -2.30. The Morgan fingerprint density at radius 3 is 2.48 bits per heavy atom. The summed E-state index contributed by atoms with van der Waals surface area (Å²) in [6.07, 6.45) is 6.73. The van der Waals surface area contributed by atoms with Crippen LogP contribution in [0.5, 0.6) is 5.75 Å². The Balaban J connectivity index is 1.90. The first-order valence-electron chi connectivity index (χ1n) is 8.08. The molecule has 2 aromatic heterocycles. The number of methoxy groups -OCH3 is 1. The highest BCUT2D eigenvalue weighted by atomic mass is 16.5. The quantitative estimate of drug-likeness (QED) is 0.694. The molecule has 1 amide bonds.